The fraction of sp³-hybridized carbons (Fsp3) is 0.573. The summed E-state index contributed by atoms with van der Waals surface area (Å²) in [6.07, 6.45) is 102. The van der Waals surface area contributed by atoms with E-state index < -0.39 is 32.5 Å². The minimum Gasteiger partial charge on any atom is -0.462 e. The summed E-state index contributed by atoms with van der Waals surface area (Å²) in [4.78, 5) is 35.3. The first-order chi connectivity index (χ1) is 41.8. The maximum Gasteiger partial charge on any atom is 0.472 e. The van der Waals surface area contributed by atoms with Crippen LogP contribution in [0.3, 0.4) is 0 Å². The average Bonchev–Trinajstić information content (AvgIpc) is 3.52. The van der Waals surface area contributed by atoms with Crippen molar-refractivity contribution in [3.63, 3.8) is 0 Å². The Bertz CT molecular complexity index is 2040. The summed E-state index contributed by atoms with van der Waals surface area (Å²) < 4.78 is 33.1. The molecule has 0 aliphatic rings. The van der Waals surface area contributed by atoms with Crippen molar-refractivity contribution in [1.29, 1.82) is 0 Å². The van der Waals surface area contributed by atoms with E-state index in [1.54, 1.807) is 0 Å². The van der Waals surface area contributed by atoms with Crippen molar-refractivity contribution in [2.24, 2.45) is 5.73 Å². The fourth-order valence-electron chi connectivity index (χ4n) is 8.39. The van der Waals surface area contributed by atoms with Crippen LogP contribution >= 0.6 is 7.82 Å². The third-order valence-electron chi connectivity index (χ3n) is 13.3. The third kappa shape index (κ3) is 68.1. The van der Waals surface area contributed by atoms with Crippen molar-refractivity contribution < 1.29 is 37.6 Å². The highest BCUT2D eigenvalue weighted by atomic mass is 31.2. The predicted octanol–water partition coefficient (Wildman–Crippen LogP) is 22.0. The number of phosphoric ester groups is 1. The van der Waals surface area contributed by atoms with Gasteiger partial charge in [0.15, 0.2) is 6.10 Å². The Labute approximate surface area is 520 Å². The highest BCUT2D eigenvalue weighted by molar-refractivity contribution is 7.47. The van der Waals surface area contributed by atoms with E-state index in [4.69, 9.17) is 24.3 Å². The van der Waals surface area contributed by atoms with Gasteiger partial charge in [0.25, 0.3) is 0 Å². The van der Waals surface area contributed by atoms with Gasteiger partial charge >= 0.3 is 19.8 Å². The van der Waals surface area contributed by atoms with Gasteiger partial charge in [-0.25, -0.2) is 4.57 Å². The number of phosphoric acid groups is 1. The summed E-state index contributed by atoms with van der Waals surface area (Å²) in [6, 6.07) is 0. The van der Waals surface area contributed by atoms with Crippen molar-refractivity contribution in [1.82, 2.24) is 0 Å². The van der Waals surface area contributed by atoms with Crippen molar-refractivity contribution >= 4 is 19.8 Å². The molecular weight excluding hydrogens is 1070 g/mol. The van der Waals surface area contributed by atoms with Crippen molar-refractivity contribution in [2.45, 2.75) is 251 Å². The maximum absolute atomic E-state index is 12.7. The minimum absolute atomic E-state index is 0.0381. The summed E-state index contributed by atoms with van der Waals surface area (Å²) in [5.41, 5.74) is 5.39. The molecule has 0 heterocycles. The molecule has 0 spiro atoms. The van der Waals surface area contributed by atoms with Gasteiger partial charge in [-0.1, -0.05) is 273 Å². The Morgan fingerprint density at radius 2 is 0.647 bits per heavy atom. The van der Waals surface area contributed by atoms with E-state index in [-0.39, 0.29) is 32.6 Å². The molecule has 0 saturated carbocycles. The van der Waals surface area contributed by atoms with Crippen LogP contribution < -0.4 is 5.73 Å². The van der Waals surface area contributed by atoms with Gasteiger partial charge in [-0.15, -0.1) is 0 Å². The highest BCUT2D eigenvalue weighted by Gasteiger charge is 2.26. The lowest BCUT2D eigenvalue weighted by atomic mass is 10.1. The Hall–Kier alpha value is -4.89. The molecule has 0 aromatic carbocycles. The fourth-order valence-corrected chi connectivity index (χ4v) is 9.15. The van der Waals surface area contributed by atoms with E-state index in [1.165, 1.54) is 64.2 Å². The zero-order valence-electron chi connectivity index (χ0n) is 53.5. The van der Waals surface area contributed by atoms with Gasteiger partial charge in [0.1, 0.15) is 6.61 Å². The van der Waals surface area contributed by atoms with Crippen LogP contribution in [0.25, 0.3) is 0 Å². The molecule has 0 radical (unpaired) electrons. The molecule has 0 bridgehead atoms. The number of nitrogens with two attached hydrogens (primary N) is 1. The molecule has 0 fully saturated rings. The predicted molar refractivity (Wildman–Crippen MR) is 366 cm³/mol. The molecule has 2 atom stereocenters. The van der Waals surface area contributed by atoms with Crippen molar-refractivity contribution in [3.8, 4) is 0 Å². The van der Waals surface area contributed by atoms with Gasteiger partial charge in [0.2, 0.25) is 0 Å². The van der Waals surface area contributed by atoms with Crippen LogP contribution in [0.15, 0.2) is 182 Å². The van der Waals surface area contributed by atoms with Gasteiger partial charge < -0.3 is 20.1 Å². The number of esters is 2. The number of ether oxygens (including phenoxy) is 2. The Kier molecular flexibility index (Phi) is 64.3. The quantitative estimate of drug-likeness (QED) is 0.0264. The van der Waals surface area contributed by atoms with Gasteiger partial charge in [-0.3, -0.25) is 18.6 Å². The number of hydrogen-bond donors (Lipinski definition) is 2. The largest absolute Gasteiger partial charge is 0.472 e. The average molecular weight is 1190 g/mol. The van der Waals surface area contributed by atoms with Gasteiger partial charge in [-0.2, -0.15) is 0 Å². The zero-order chi connectivity index (χ0) is 61.6. The van der Waals surface area contributed by atoms with Gasteiger partial charge in [-0.05, 0) is 141 Å². The maximum atomic E-state index is 12.7. The van der Waals surface area contributed by atoms with Gasteiger partial charge in [0, 0.05) is 19.4 Å². The number of unbranched alkanes of at least 4 members (excludes halogenated alkanes) is 17. The molecule has 0 aromatic heterocycles. The molecule has 0 aromatic rings. The Balaban J connectivity index is 4.07. The third-order valence-corrected chi connectivity index (χ3v) is 14.3. The lowest BCUT2D eigenvalue weighted by Gasteiger charge is -2.19. The number of hydrogen-bond acceptors (Lipinski definition) is 8. The van der Waals surface area contributed by atoms with E-state index in [0.29, 0.717) is 12.8 Å². The van der Waals surface area contributed by atoms with E-state index >= 15 is 0 Å². The summed E-state index contributed by atoms with van der Waals surface area (Å²) in [5, 5.41) is 0. The molecule has 2 unspecified atom stereocenters. The molecule has 3 N–H and O–H groups in total. The molecule has 0 saturated heterocycles. The smallest absolute Gasteiger partial charge is 0.462 e. The molecule has 0 aliphatic heterocycles. The summed E-state index contributed by atoms with van der Waals surface area (Å²) in [6.45, 7) is 3.56. The van der Waals surface area contributed by atoms with E-state index in [2.05, 4.69) is 196 Å². The molecule has 10 heteroatoms. The van der Waals surface area contributed by atoms with Gasteiger partial charge in [0.05, 0.1) is 13.2 Å². The van der Waals surface area contributed by atoms with Crippen LogP contribution in [0.1, 0.15) is 245 Å². The normalized spacial score (nSPS) is 14.2. The molecule has 478 valence electrons. The van der Waals surface area contributed by atoms with Crippen LogP contribution in [0.5, 0.6) is 0 Å². The first kappa shape index (κ1) is 80.1. The lowest BCUT2D eigenvalue weighted by Crippen LogP contribution is -2.29. The molecule has 0 amide bonds. The monoisotopic (exact) mass is 1190 g/mol. The van der Waals surface area contributed by atoms with E-state index in [1.807, 2.05) is 0 Å². The van der Waals surface area contributed by atoms with Crippen molar-refractivity contribution in [2.75, 3.05) is 26.4 Å². The second-order valence-corrected chi connectivity index (χ2v) is 22.7. The van der Waals surface area contributed by atoms with Crippen LogP contribution in [-0.4, -0.2) is 49.3 Å². The van der Waals surface area contributed by atoms with E-state index in [0.717, 1.165) is 141 Å². The summed E-state index contributed by atoms with van der Waals surface area (Å²) >= 11 is 0. The first-order valence-electron chi connectivity index (χ1n) is 33.3. The van der Waals surface area contributed by atoms with Crippen LogP contribution in [0.4, 0.5) is 0 Å². The van der Waals surface area contributed by atoms with Crippen LogP contribution in [-0.2, 0) is 32.7 Å². The molecule has 0 rings (SSSR count). The highest BCUT2D eigenvalue weighted by Crippen LogP contribution is 2.43. The van der Waals surface area contributed by atoms with Crippen LogP contribution in [0.2, 0.25) is 0 Å². The molecule has 85 heavy (non-hydrogen) atoms. The first-order valence-corrected chi connectivity index (χ1v) is 34.8. The molecular formula is C75H120NO8P. The standard InChI is InChI=1S/C75H120NO8P/c1-3-5-7-9-11-13-15-17-19-21-23-25-27-28-29-30-31-32-33-34-35-36-37-38-39-40-41-42-43-44-46-48-50-52-54-56-58-60-62-64-66-68-75(78)84-73(72-83-85(79,80)82-70-69-76)71-81-74(77)67-65-63-61-59-57-55-53-51-49-47-45-26-24-22-20-18-16-14-12-10-8-6-4-2/h5,7,11,13,16-19,22-25,28-29,31-32,34-35,37-38,40-41,43-45,47-48,50,54,56,73H,3-4,6,8-10,12,14-15,20-21,26-27,30,33,36,39,42,46,49,51-53,55,57-72,76H2,1-2H3,(H,79,80)/b7-5-,13-11-,18-16-,19-17-,24-22-,25-23-,29-28-,32-31-,35-34-,38-37-,41-40-,44-43-,47-45-,50-48-,56-54-. The summed E-state index contributed by atoms with van der Waals surface area (Å²) in [7, 11) is -4.41. The molecule has 0 aliphatic carbocycles. The molecule has 9 nitrogen and oxygen atoms in total. The zero-order valence-corrected chi connectivity index (χ0v) is 54.4. The topological polar surface area (TPSA) is 134 Å². The lowest BCUT2D eigenvalue weighted by molar-refractivity contribution is -0.161. The van der Waals surface area contributed by atoms with Crippen molar-refractivity contribution in [3.05, 3.63) is 182 Å². The second-order valence-electron chi connectivity index (χ2n) is 21.2. The SMILES string of the molecule is CC/C=C\C/C=C\C/C=C\C/C=C\C/C=C\C/C=C\C/C=C\C/C=C\C/C=C\C/C=C\C/C=C\C/C=C\CCCCCCC(=O)OC(COC(=O)CCCCCCCCCC/C=C\C/C=C\C/C=C\CCCCCCC)COP(=O)(O)OCCN. The Morgan fingerprint density at radius 3 is 0.965 bits per heavy atom. The Morgan fingerprint density at radius 1 is 0.365 bits per heavy atom. The minimum atomic E-state index is -4.41. The number of rotatable bonds is 60. The summed E-state index contributed by atoms with van der Waals surface area (Å²) in [5.74, 6) is -0.877. The second kappa shape index (κ2) is 68.2. The number of carbonyl (C=O) groups is 2. The van der Waals surface area contributed by atoms with Crippen LogP contribution in [0, 0.1) is 0 Å². The number of carbonyl (C=O) groups excluding carboxylic acids is 2. The van der Waals surface area contributed by atoms with E-state index in [9.17, 15) is 19.0 Å². The number of allylic oxidation sites excluding steroid dienone is 30.